The molecule has 4 rings (SSSR count). The Bertz CT molecular complexity index is 1160. The molecule has 1 aliphatic heterocycles. The largest absolute Gasteiger partial charge is 0.493 e. The summed E-state index contributed by atoms with van der Waals surface area (Å²) in [6, 6.07) is 22.5. The minimum atomic E-state index is -0.191. The number of carbonyl (C=O) groups is 1. The highest BCUT2D eigenvalue weighted by Gasteiger charge is 2.28. The molecule has 0 aromatic heterocycles. The summed E-state index contributed by atoms with van der Waals surface area (Å²) in [5, 5.41) is 6.39. The highest BCUT2D eigenvalue weighted by Crippen LogP contribution is 2.31. The van der Waals surface area contributed by atoms with Crippen LogP contribution in [0, 0.1) is 0 Å². The minimum absolute atomic E-state index is 0.191. The van der Waals surface area contributed by atoms with Crippen LogP contribution in [-0.4, -0.2) is 18.7 Å². The van der Waals surface area contributed by atoms with Crippen molar-refractivity contribution in [3.05, 3.63) is 94.5 Å². The molecule has 0 saturated heterocycles. The molecular weight excluding hydrogens is 412 g/mol. The third-order valence-corrected chi connectivity index (χ3v) is 5.12. The Hall–Kier alpha value is -3.57. The van der Waals surface area contributed by atoms with E-state index < -0.39 is 0 Å². The molecule has 6 heteroatoms. The third kappa shape index (κ3) is 4.62. The molecule has 0 atom stereocenters. The van der Waals surface area contributed by atoms with E-state index in [0.717, 1.165) is 11.1 Å². The molecule has 156 valence electrons. The molecule has 0 bridgehead atoms. The number of amides is 1. The van der Waals surface area contributed by atoms with Gasteiger partial charge in [-0.2, -0.15) is 10.1 Å². The van der Waals surface area contributed by atoms with Gasteiger partial charge in [-0.1, -0.05) is 48.0 Å². The number of halogens is 1. The van der Waals surface area contributed by atoms with Crippen LogP contribution in [-0.2, 0) is 11.4 Å². The first-order chi connectivity index (χ1) is 15.0. The fourth-order valence-corrected chi connectivity index (χ4v) is 3.36. The van der Waals surface area contributed by atoms with Crippen LogP contribution in [0.1, 0.15) is 18.1 Å². The zero-order valence-electron chi connectivity index (χ0n) is 17.2. The van der Waals surface area contributed by atoms with E-state index in [1.807, 2.05) is 55.5 Å². The maximum atomic E-state index is 12.9. The van der Waals surface area contributed by atoms with Crippen LogP contribution < -0.4 is 14.5 Å². The predicted molar refractivity (Wildman–Crippen MR) is 124 cm³/mol. The summed E-state index contributed by atoms with van der Waals surface area (Å²) in [5.74, 6) is 1.04. The molecule has 0 fully saturated rings. The number of benzene rings is 3. The molecule has 3 aromatic rings. The van der Waals surface area contributed by atoms with Gasteiger partial charge >= 0.3 is 0 Å². The van der Waals surface area contributed by atoms with E-state index >= 15 is 0 Å². The van der Waals surface area contributed by atoms with Gasteiger partial charge in [0.05, 0.1) is 24.1 Å². The standard InChI is InChI=1S/C25H21ClN2O3/c1-17-22(25(29)28(27-17)21-11-9-20(26)10-12-21)14-19-8-13-23(24(15-19)30-2)31-16-18-6-4-3-5-7-18/h3-15H,16H2,1-2H3/b22-14-. The quantitative estimate of drug-likeness (QED) is 0.467. The number of hydrogen-bond donors (Lipinski definition) is 0. The van der Waals surface area contributed by atoms with Crippen molar-refractivity contribution in [2.75, 3.05) is 12.1 Å². The van der Waals surface area contributed by atoms with Crippen LogP contribution in [0.3, 0.4) is 0 Å². The zero-order chi connectivity index (χ0) is 21.8. The van der Waals surface area contributed by atoms with E-state index in [0.29, 0.717) is 40.1 Å². The second-order valence-corrected chi connectivity index (χ2v) is 7.46. The Morgan fingerprint density at radius 1 is 1.00 bits per heavy atom. The lowest BCUT2D eigenvalue weighted by molar-refractivity contribution is -0.114. The summed E-state index contributed by atoms with van der Waals surface area (Å²) in [6.45, 7) is 2.26. The van der Waals surface area contributed by atoms with Crippen molar-refractivity contribution in [1.82, 2.24) is 0 Å². The number of methoxy groups -OCH3 is 1. The number of anilines is 1. The van der Waals surface area contributed by atoms with Crippen molar-refractivity contribution in [3.8, 4) is 11.5 Å². The van der Waals surface area contributed by atoms with Crippen LogP contribution in [0.2, 0.25) is 5.02 Å². The summed E-state index contributed by atoms with van der Waals surface area (Å²) < 4.78 is 11.4. The van der Waals surface area contributed by atoms with E-state index in [-0.39, 0.29) is 5.91 Å². The van der Waals surface area contributed by atoms with Gasteiger partial charge in [0, 0.05) is 5.02 Å². The van der Waals surface area contributed by atoms with Crippen molar-refractivity contribution >= 4 is 35.0 Å². The highest BCUT2D eigenvalue weighted by molar-refractivity contribution is 6.32. The molecule has 5 nitrogen and oxygen atoms in total. The Kier molecular flexibility index (Phi) is 6.05. The van der Waals surface area contributed by atoms with E-state index in [1.165, 1.54) is 5.01 Å². The van der Waals surface area contributed by atoms with E-state index in [2.05, 4.69) is 5.10 Å². The van der Waals surface area contributed by atoms with Crippen LogP contribution in [0.25, 0.3) is 6.08 Å². The minimum Gasteiger partial charge on any atom is -0.493 e. The summed E-state index contributed by atoms with van der Waals surface area (Å²) >= 11 is 5.95. The van der Waals surface area contributed by atoms with E-state index in [4.69, 9.17) is 21.1 Å². The number of nitrogens with zero attached hydrogens (tertiary/aromatic N) is 2. The summed E-state index contributed by atoms with van der Waals surface area (Å²) in [6.07, 6.45) is 1.81. The summed E-state index contributed by atoms with van der Waals surface area (Å²) in [7, 11) is 1.59. The van der Waals surface area contributed by atoms with Crippen molar-refractivity contribution in [2.24, 2.45) is 5.10 Å². The average Bonchev–Trinajstić information content (AvgIpc) is 3.07. The SMILES string of the molecule is COc1cc(/C=C2\C(=O)N(c3ccc(Cl)cc3)N=C2C)ccc1OCc1ccccc1. The Labute approximate surface area is 186 Å². The first-order valence-corrected chi connectivity index (χ1v) is 10.1. The molecule has 0 unspecified atom stereocenters. The molecular formula is C25H21ClN2O3. The van der Waals surface area contributed by atoms with Crippen molar-refractivity contribution in [2.45, 2.75) is 13.5 Å². The van der Waals surface area contributed by atoms with E-state index in [1.54, 1.807) is 37.5 Å². The van der Waals surface area contributed by atoms with Gasteiger partial charge < -0.3 is 9.47 Å². The molecule has 0 radical (unpaired) electrons. The molecule has 0 spiro atoms. The Balaban J connectivity index is 1.54. The van der Waals surface area contributed by atoms with Gasteiger partial charge in [-0.05, 0) is 60.5 Å². The van der Waals surface area contributed by atoms with E-state index in [9.17, 15) is 4.79 Å². The number of hydrazone groups is 1. The Morgan fingerprint density at radius 3 is 2.45 bits per heavy atom. The topological polar surface area (TPSA) is 51.1 Å². The second kappa shape index (κ2) is 9.06. The van der Waals surface area contributed by atoms with Crippen molar-refractivity contribution in [3.63, 3.8) is 0 Å². The molecule has 1 amide bonds. The van der Waals surface area contributed by atoms with Crippen molar-refractivity contribution < 1.29 is 14.3 Å². The van der Waals surface area contributed by atoms with Gasteiger partial charge in [0.25, 0.3) is 5.91 Å². The van der Waals surface area contributed by atoms with Gasteiger partial charge in [0.2, 0.25) is 0 Å². The van der Waals surface area contributed by atoms with Crippen molar-refractivity contribution in [1.29, 1.82) is 0 Å². The van der Waals surface area contributed by atoms with Gasteiger partial charge in [0.15, 0.2) is 11.5 Å². The molecule has 0 aliphatic carbocycles. The molecule has 3 aromatic carbocycles. The molecule has 31 heavy (non-hydrogen) atoms. The molecule has 0 saturated carbocycles. The first-order valence-electron chi connectivity index (χ1n) is 9.77. The van der Waals surface area contributed by atoms with Gasteiger partial charge in [-0.3, -0.25) is 4.79 Å². The summed E-state index contributed by atoms with van der Waals surface area (Å²) in [4.78, 5) is 12.9. The maximum Gasteiger partial charge on any atom is 0.280 e. The fourth-order valence-electron chi connectivity index (χ4n) is 3.24. The summed E-state index contributed by atoms with van der Waals surface area (Å²) in [5.41, 5.74) is 3.72. The number of ether oxygens (including phenoxy) is 2. The second-order valence-electron chi connectivity index (χ2n) is 7.02. The van der Waals surface area contributed by atoms with Gasteiger partial charge in [0.1, 0.15) is 6.61 Å². The predicted octanol–water partition coefficient (Wildman–Crippen LogP) is 5.73. The molecule has 1 aliphatic rings. The number of rotatable bonds is 6. The lowest BCUT2D eigenvalue weighted by Crippen LogP contribution is -2.21. The lowest BCUT2D eigenvalue weighted by Gasteiger charge is -2.12. The number of hydrogen-bond acceptors (Lipinski definition) is 4. The zero-order valence-corrected chi connectivity index (χ0v) is 18.0. The van der Waals surface area contributed by atoms with Crippen LogP contribution >= 0.6 is 11.6 Å². The monoisotopic (exact) mass is 432 g/mol. The highest BCUT2D eigenvalue weighted by atomic mass is 35.5. The lowest BCUT2D eigenvalue weighted by atomic mass is 10.1. The van der Waals surface area contributed by atoms with Crippen LogP contribution in [0.15, 0.2) is 83.5 Å². The number of carbonyl (C=O) groups excluding carboxylic acids is 1. The fraction of sp³-hybridized carbons (Fsp3) is 0.120. The molecule has 0 N–H and O–H groups in total. The van der Waals surface area contributed by atoms with Gasteiger partial charge in [-0.15, -0.1) is 0 Å². The average molecular weight is 433 g/mol. The molecule has 1 heterocycles. The third-order valence-electron chi connectivity index (χ3n) is 4.87. The first kappa shape index (κ1) is 20.7. The normalized spacial score (nSPS) is 14.7. The maximum absolute atomic E-state index is 12.9. The smallest absolute Gasteiger partial charge is 0.280 e. The van der Waals surface area contributed by atoms with Crippen LogP contribution in [0.5, 0.6) is 11.5 Å². The Morgan fingerprint density at radius 2 is 1.74 bits per heavy atom. The van der Waals surface area contributed by atoms with Gasteiger partial charge in [-0.25, -0.2) is 0 Å². The van der Waals surface area contributed by atoms with Crippen LogP contribution in [0.4, 0.5) is 5.69 Å².